The van der Waals surface area contributed by atoms with E-state index in [9.17, 15) is 23.9 Å². The minimum absolute atomic E-state index is 0.00704. The Labute approximate surface area is 242 Å². The van der Waals surface area contributed by atoms with Crippen molar-refractivity contribution in [3.8, 4) is 17.2 Å². The number of aromatic nitrogens is 3. The fourth-order valence-electron chi connectivity index (χ4n) is 4.30. The van der Waals surface area contributed by atoms with Gasteiger partial charge in [-0.3, -0.25) is 19.6 Å². The van der Waals surface area contributed by atoms with Crippen molar-refractivity contribution in [2.45, 2.75) is 31.8 Å². The number of amidine groups is 1. The summed E-state index contributed by atoms with van der Waals surface area (Å²) in [6, 6.07) is 9.01. The molecule has 12 nitrogen and oxygen atoms in total. The first-order valence-electron chi connectivity index (χ1n) is 13.2. The molecule has 5 rings (SSSR count). The molecule has 1 aliphatic rings. The Morgan fingerprint density at radius 3 is 2.53 bits per heavy atom. The number of benzene rings is 2. The first-order chi connectivity index (χ1) is 20.6. The molecule has 4 aromatic rings. The summed E-state index contributed by atoms with van der Waals surface area (Å²) in [5, 5.41) is 22.8. The topological polar surface area (TPSA) is 177 Å². The third kappa shape index (κ3) is 6.13. The van der Waals surface area contributed by atoms with Gasteiger partial charge < -0.3 is 26.2 Å². The first-order valence-corrected chi connectivity index (χ1v) is 13.2. The molecule has 0 unspecified atom stereocenters. The van der Waals surface area contributed by atoms with Crippen LogP contribution in [0, 0.1) is 17.0 Å². The van der Waals surface area contributed by atoms with E-state index in [1.165, 1.54) is 47.3 Å². The summed E-state index contributed by atoms with van der Waals surface area (Å²) in [7, 11) is 0. The summed E-state index contributed by atoms with van der Waals surface area (Å²) >= 11 is 0. The number of nitrogen functional groups attached to an aromatic ring is 1. The number of anilines is 2. The molecule has 0 radical (unpaired) electrons. The van der Waals surface area contributed by atoms with Crippen LogP contribution >= 0.6 is 0 Å². The molecule has 43 heavy (non-hydrogen) atoms. The smallest absolute Gasteiger partial charge is 0.335 e. The van der Waals surface area contributed by atoms with Gasteiger partial charge in [0.15, 0.2) is 11.6 Å². The average molecular weight is 592 g/mol. The lowest BCUT2D eigenvalue weighted by molar-refractivity contribution is 0.102. The van der Waals surface area contributed by atoms with Crippen LogP contribution in [0.25, 0.3) is 5.69 Å². The van der Waals surface area contributed by atoms with Gasteiger partial charge in [0.05, 0.1) is 12.3 Å². The third-order valence-corrected chi connectivity index (χ3v) is 6.65. The van der Waals surface area contributed by atoms with Crippen molar-refractivity contribution in [1.82, 2.24) is 19.4 Å². The molecular formula is C29H27F2N7O5. The van der Waals surface area contributed by atoms with E-state index >= 15 is 4.39 Å². The van der Waals surface area contributed by atoms with Crippen molar-refractivity contribution in [3.63, 3.8) is 0 Å². The number of pyridine rings is 1. The fraction of sp³-hybridized carbons (Fsp3) is 0.207. The SMILES string of the molecule is C[C@@H](CO)NC(=N)c1c(Oc2ccc(NC(=O)c3cn(C4CC4)c(=O)n(-c4ccc(F)cc4)c3=O)cc2F)ccnc1N. The molecule has 1 saturated carbocycles. The quantitative estimate of drug-likeness (QED) is 0.146. The predicted octanol–water partition coefficient (Wildman–Crippen LogP) is 2.93. The van der Waals surface area contributed by atoms with Gasteiger partial charge in [0.2, 0.25) is 0 Å². The normalized spacial score (nSPS) is 13.3. The monoisotopic (exact) mass is 591 g/mol. The molecule has 2 aromatic heterocycles. The number of nitrogens with two attached hydrogens (primary N) is 1. The number of aliphatic hydroxyl groups excluding tert-OH is 1. The first kappa shape index (κ1) is 29.1. The number of nitrogens with one attached hydrogen (secondary N) is 3. The Morgan fingerprint density at radius 2 is 1.88 bits per heavy atom. The summed E-state index contributed by atoms with van der Waals surface area (Å²) in [5.74, 6) is -2.80. The molecule has 0 spiro atoms. The molecule has 6 N–H and O–H groups in total. The number of nitrogens with zero attached hydrogens (tertiary/aromatic N) is 3. The molecule has 0 bridgehead atoms. The number of amides is 1. The number of ether oxygens (including phenoxy) is 1. The van der Waals surface area contributed by atoms with Gasteiger partial charge in [-0.2, -0.15) is 0 Å². The second kappa shape index (κ2) is 11.9. The highest BCUT2D eigenvalue weighted by Gasteiger charge is 2.29. The van der Waals surface area contributed by atoms with E-state index in [2.05, 4.69) is 15.6 Å². The Morgan fingerprint density at radius 1 is 1.16 bits per heavy atom. The molecular weight excluding hydrogens is 564 g/mol. The molecule has 2 aromatic carbocycles. The van der Waals surface area contributed by atoms with Gasteiger partial charge in [0, 0.05) is 42.3 Å². The number of hydrogen-bond acceptors (Lipinski definition) is 8. The van der Waals surface area contributed by atoms with Crippen LogP contribution in [-0.4, -0.2) is 43.6 Å². The highest BCUT2D eigenvalue weighted by atomic mass is 19.1. The lowest BCUT2D eigenvalue weighted by Gasteiger charge is -2.18. The van der Waals surface area contributed by atoms with Crippen LogP contribution in [0.1, 0.15) is 41.7 Å². The number of carbonyl (C=O) groups is 1. The van der Waals surface area contributed by atoms with Gasteiger partial charge >= 0.3 is 5.69 Å². The Hall–Kier alpha value is -5.37. The maximum Gasteiger partial charge on any atom is 0.335 e. The number of rotatable bonds is 9. The van der Waals surface area contributed by atoms with Gasteiger partial charge in [0.25, 0.3) is 11.5 Å². The highest BCUT2D eigenvalue weighted by Crippen LogP contribution is 2.34. The van der Waals surface area contributed by atoms with E-state index in [1.54, 1.807) is 6.92 Å². The van der Waals surface area contributed by atoms with Crippen LogP contribution in [0.2, 0.25) is 0 Å². The van der Waals surface area contributed by atoms with Crippen molar-refractivity contribution in [2.75, 3.05) is 17.7 Å². The van der Waals surface area contributed by atoms with Crippen molar-refractivity contribution < 1.29 is 23.4 Å². The van der Waals surface area contributed by atoms with Crippen molar-refractivity contribution >= 4 is 23.2 Å². The highest BCUT2D eigenvalue weighted by molar-refractivity contribution is 6.04. The number of aliphatic hydroxyl groups is 1. The minimum atomic E-state index is -0.916. The minimum Gasteiger partial charge on any atom is -0.453 e. The second-order valence-electron chi connectivity index (χ2n) is 9.95. The molecule has 222 valence electrons. The Kier molecular flexibility index (Phi) is 8.03. The van der Waals surface area contributed by atoms with E-state index in [0.717, 1.165) is 22.8 Å². The zero-order valence-corrected chi connectivity index (χ0v) is 22.8. The largest absolute Gasteiger partial charge is 0.453 e. The van der Waals surface area contributed by atoms with E-state index in [-0.39, 0.29) is 58.3 Å². The molecule has 0 saturated heterocycles. The third-order valence-electron chi connectivity index (χ3n) is 6.65. The average Bonchev–Trinajstić information content (AvgIpc) is 3.81. The summed E-state index contributed by atoms with van der Waals surface area (Å²) in [4.78, 5) is 43.5. The fourth-order valence-corrected chi connectivity index (χ4v) is 4.30. The van der Waals surface area contributed by atoms with Crippen molar-refractivity contribution in [1.29, 1.82) is 5.41 Å². The lowest BCUT2D eigenvalue weighted by Crippen LogP contribution is -2.42. The van der Waals surface area contributed by atoms with Crippen LogP contribution < -0.4 is 32.4 Å². The second-order valence-corrected chi connectivity index (χ2v) is 9.95. The molecule has 1 amide bonds. The molecule has 1 fully saturated rings. The van der Waals surface area contributed by atoms with Crippen LogP contribution in [0.15, 0.2) is 70.5 Å². The van der Waals surface area contributed by atoms with Crippen LogP contribution in [-0.2, 0) is 0 Å². The lowest BCUT2D eigenvalue weighted by atomic mass is 10.2. The zero-order chi connectivity index (χ0) is 30.8. The number of hydrogen-bond donors (Lipinski definition) is 5. The molecule has 14 heteroatoms. The van der Waals surface area contributed by atoms with Gasteiger partial charge in [-0.05, 0) is 56.2 Å². The summed E-state index contributed by atoms with van der Waals surface area (Å²) in [6.07, 6.45) is 3.89. The van der Waals surface area contributed by atoms with Gasteiger partial charge in [0.1, 0.15) is 34.3 Å². The van der Waals surface area contributed by atoms with E-state index in [4.69, 9.17) is 15.9 Å². The predicted molar refractivity (Wildman–Crippen MR) is 154 cm³/mol. The van der Waals surface area contributed by atoms with Crippen LogP contribution in [0.4, 0.5) is 20.3 Å². The maximum atomic E-state index is 15.1. The van der Waals surface area contributed by atoms with Crippen LogP contribution in [0.3, 0.4) is 0 Å². The van der Waals surface area contributed by atoms with E-state index in [0.29, 0.717) is 12.8 Å². The van der Waals surface area contributed by atoms with Crippen molar-refractivity contribution in [2.24, 2.45) is 0 Å². The van der Waals surface area contributed by atoms with E-state index in [1.807, 2.05) is 0 Å². The number of carbonyl (C=O) groups excluding carboxylic acids is 1. The summed E-state index contributed by atoms with van der Waals surface area (Å²) in [5.41, 5.74) is 4.14. The number of halogens is 2. The molecule has 0 aliphatic heterocycles. The molecule has 2 heterocycles. The van der Waals surface area contributed by atoms with Gasteiger partial charge in [-0.15, -0.1) is 0 Å². The Bertz CT molecular complexity index is 1830. The summed E-state index contributed by atoms with van der Waals surface area (Å²) < 4.78 is 36.4. The summed E-state index contributed by atoms with van der Waals surface area (Å²) in [6.45, 7) is 1.40. The zero-order valence-electron chi connectivity index (χ0n) is 22.8. The van der Waals surface area contributed by atoms with Crippen molar-refractivity contribution in [3.05, 3.63) is 105 Å². The van der Waals surface area contributed by atoms with E-state index < -0.39 is 34.8 Å². The standard InChI is InChI=1S/C29H27F2N7O5/c1-15(14-39)35-26(33)24-23(10-11-34-25(24)32)43-22-9-4-17(12-21(22)31)36-27(40)20-13-37(18-7-8-18)29(42)38(28(20)41)19-5-2-16(30)3-6-19/h2-6,9-13,15,18,39H,7-8,14H2,1H3,(H2,32,34)(H2,33,35)(H,36,40)/t15-/m0/s1. The Balaban J connectivity index is 1.42. The maximum absolute atomic E-state index is 15.1. The molecule has 1 aliphatic carbocycles. The van der Waals surface area contributed by atoms with Crippen LogP contribution in [0.5, 0.6) is 11.5 Å². The van der Waals surface area contributed by atoms with Gasteiger partial charge in [-0.25, -0.2) is 23.1 Å². The molecule has 1 atom stereocenters. The van der Waals surface area contributed by atoms with Gasteiger partial charge in [-0.1, -0.05) is 0 Å².